The van der Waals surface area contributed by atoms with E-state index in [1.165, 1.54) is 6.92 Å². The summed E-state index contributed by atoms with van der Waals surface area (Å²) in [7, 11) is 0. The third-order valence-corrected chi connectivity index (χ3v) is 9.44. The number of hydrogen-bond donors (Lipinski definition) is 3. The molecular weight excluding hydrogens is 658 g/mol. The molecular formula is C38H37N3O8S. The summed E-state index contributed by atoms with van der Waals surface area (Å²) in [5.74, 6) is -0.468. The fourth-order valence-electron chi connectivity index (χ4n) is 5.75. The molecule has 0 saturated carbocycles. The molecule has 2 heterocycles. The summed E-state index contributed by atoms with van der Waals surface area (Å²) in [6, 6.07) is 30.2. The third kappa shape index (κ3) is 8.77. The van der Waals surface area contributed by atoms with Gasteiger partial charge < -0.3 is 30.0 Å². The molecule has 4 aromatic carbocycles. The number of aliphatic hydroxyl groups is 1. The molecule has 0 radical (unpaired) electrons. The summed E-state index contributed by atoms with van der Waals surface area (Å²) in [4.78, 5) is 52.0. The Morgan fingerprint density at radius 2 is 1.58 bits per heavy atom. The number of hydrogen-bond acceptors (Lipinski definition) is 9. The number of rotatable bonds is 11. The Hall–Kier alpha value is -5.01. The molecule has 0 aliphatic carbocycles. The predicted octanol–water partition coefficient (Wildman–Crippen LogP) is 6.03. The Kier molecular flexibility index (Phi) is 11.2. The van der Waals surface area contributed by atoms with Crippen molar-refractivity contribution in [2.24, 2.45) is 0 Å². The minimum absolute atomic E-state index is 0.0411. The van der Waals surface area contributed by atoms with Crippen molar-refractivity contribution in [2.45, 2.75) is 62.4 Å². The molecule has 6 rings (SSSR count). The molecule has 2 aliphatic rings. The number of carbonyl (C=O) groups excluding carboxylic acids is 4. The van der Waals surface area contributed by atoms with Crippen molar-refractivity contribution in [3.63, 3.8) is 0 Å². The summed E-state index contributed by atoms with van der Waals surface area (Å²) >= 11 is 1.63. The Balaban J connectivity index is 1.12. The summed E-state index contributed by atoms with van der Waals surface area (Å²) in [6.07, 6.45) is -1.56. The molecule has 2 saturated heterocycles. The van der Waals surface area contributed by atoms with Crippen molar-refractivity contribution >= 4 is 47.0 Å². The number of anilines is 2. The highest BCUT2D eigenvalue weighted by Gasteiger charge is 2.41. The van der Waals surface area contributed by atoms with E-state index in [0.717, 1.165) is 32.2 Å². The van der Waals surface area contributed by atoms with Gasteiger partial charge in [0.1, 0.15) is 12.6 Å². The largest absolute Gasteiger partial charge is 0.445 e. The Bertz CT molecular complexity index is 1800. The second-order valence-corrected chi connectivity index (χ2v) is 13.1. The van der Waals surface area contributed by atoms with E-state index in [4.69, 9.17) is 14.2 Å². The highest BCUT2D eigenvalue weighted by Crippen LogP contribution is 2.40. The predicted molar refractivity (Wildman–Crippen MR) is 187 cm³/mol. The molecule has 11 nitrogen and oxygen atoms in total. The van der Waals surface area contributed by atoms with Gasteiger partial charge in [0.05, 0.1) is 30.9 Å². The maximum atomic E-state index is 13.2. The summed E-state index contributed by atoms with van der Waals surface area (Å²) in [6.45, 7) is 1.46. The van der Waals surface area contributed by atoms with Gasteiger partial charge in [-0.2, -0.15) is 0 Å². The standard InChI is InChI=1S/C38H37N3O8S/c1-24(43)39-29-13-17-32(18-14-29)50-23-31-19-34(27-9-7-25(21-42)8-10-27)49-37(48-31)28-11-15-30(16-12-28)41-35(44)20-33(36(41)45)40-38(46)47-22-26-5-3-2-4-6-26/h2-18,31,33-34,37,42H,19-23H2,1H3,(H,39,43)(H,40,46)/t31-,33?,34+,37+/m0/s1. The van der Waals surface area contributed by atoms with E-state index >= 15 is 0 Å². The first-order valence-electron chi connectivity index (χ1n) is 16.2. The number of imide groups is 1. The zero-order valence-electron chi connectivity index (χ0n) is 27.3. The fourth-order valence-corrected chi connectivity index (χ4v) is 6.67. The van der Waals surface area contributed by atoms with Crippen LogP contribution in [0.2, 0.25) is 0 Å². The molecule has 3 N–H and O–H groups in total. The van der Waals surface area contributed by atoms with E-state index in [0.29, 0.717) is 23.4 Å². The number of ether oxygens (including phenoxy) is 3. The van der Waals surface area contributed by atoms with Crippen LogP contribution < -0.4 is 15.5 Å². The van der Waals surface area contributed by atoms with Gasteiger partial charge in [0, 0.05) is 35.2 Å². The second kappa shape index (κ2) is 16.1. The van der Waals surface area contributed by atoms with E-state index in [-0.39, 0.29) is 37.7 Å². The Morgan fingerprint density at radius 1 is 0.880 bits per heavy atom. The number of thioether (sulfide) groups is 1. The normalized spacial score (nSPS) is 20.4. The van der Waals surface area contributed by atoms with Crippen molar-refractivity contribution in [1.82, 2.24) is 5.32 Å². The second-order valence-electron chi connectivity index (χ2n) is 12.0. The van der Waals surface area contributed by atoms with Gasteiger partial charge >= 0.3 is 6.09 Å². The monoisotopic (exact) mass is 695 g/mol. The van der Waals surface area contributed by atoms with Crippen LogP contribution in [0.15, 0.2) is 108 Å². The number of benzene rings is 4. The van der Waals surface area contributed by atoms with Crippen LogP contribution in [0.5, 0.6) is 0 Å². The summed E-state index contributed by atoms with van der Waals surface area (Å²) in [5.41, 5.74) is 4.36. The SMILES string of the molecule is CC(=O)Nc1ccc(SC[C@@H]2C[C@H](c3ccc(CO)cc3)O[C@H](c3ccc(N4C(=O)CC(NC(=O)OCc5ccccc5)C4=O)cc3)O2)cc1. The molecule has 2 fully saturated rings. The molecule has 4 aromatic rings. The molecule has 50 heavy (non-hydrogen) atoms. The zero-order valence-corrected chi connectivity index (χ0v) is 28.1. The fraction of sp³-hybridized carbons (Fsp3) is 0.263. The lowest BCUT2D eigenvalue weighted by Gasteiger charge is -2.36. The van der Waals surface area contributed by atoms with Gasteiger partial charge in [0.2, 0.25) is 11.8 Å². The first-order valence-corrected chi connectivity index (χ1v) is 17.2. The van der Waals surface area contributed by atoms with Crippen LogP contribution in [0.4, 0.5) is 16.2 Å². The van der Waals surface area contributed by atoms with Crippen LogP contribution in [0.25, 0.3) is 0 Å². The van der Waals surface area contributed by atoms with E-state index in [1.807, 2.05) is 78.9 Å². The van der Waals surface area contributed by atoms with Gasteiger partial charge in [-0.25, -0.2) is 9.69 Å². The summed E-state index contributed by atoms with van der Waals surface area (Å²) < 4.78 is 18.1. The molecule has 4 amide bonds. The van der Waals surface area contributed by atoms with Crippen LogP contribution in [0, 0.1) is 0 Å². The molecule has 12 heteroatoms. The van der Waals surface area contributed by atoms with E-state index in [2.05, 4.69) is 10.6 Å². The third-order valence-electron chi connectivity index (χ3n) is 8.30. The van der Waals surface area contributed by atoms with Crippen molar-refractivity contribution < 1.29 is 38.5 Å². The molecule has 0 bridgehead atoms. The van der Waals surface area contributed by atoms with Gasteiger partial charge in [0.15, 0.2) is 6.29 Å². The Morgan fingerprint density at radius 3 is 2.26 bits per heavy atom. The molecule has 4 atom stereocenters. The quantitative estimate of drug-likeness (QED) is 0.127. The van der Waals surface area contributed by atoms with Crippen LogP contribution in [-0.4, -0.2) is 46.8 Å². The molecule has 0 spiro atoms. The van der Waals surface area contributed by atoms with Gasteiger partial charge in [-0.1, -0.05) is 66.7 Å². The van der Waals surface area contributed by atoms with E-state index in [1.54, 1.807) is 36.0 Å². The molecule has 1 unspecified atom stereocenters. The number of aliphatic hydroxyl groups excluding tert-OH is 1. The van der Waals surface area contributed by atoms with Crippen molar-refractivity contribution in [3.05, 3.63) is 125 Å². The highest BCUT2D eigenvalue weighted by molar-refractivity contribution is 7.99. The van der Waals surface area contributed by atoms with Crippen LogP contribution in [-0.2, 0) is 41.8 Å². The average molecular weight is 696 g/mol. The van der Waals surface area contributed by atoms with Crippen LogP contribution in [0.1, 0.15) is 54.4 Å². The maximum Gasteiger partial charge on any atom is 0.408 e. The van der Waals surface area contributed by atoms with E-state index < -0.39 is 30.2 Å². The maximum absolute atomic E-state index is 13.2. The lowest BCUT2D eigenvalue weighted by Crippen LogP contribution is -2.42. The molecule has 258 valence electrons. The smallest absolute Gasteiger partial charge is 0.408 e. The van der Waals surface area contributed by atoms with Gasteiger partial charge in [-0.3, -0.25) is 14.4 Å². The highest BCUT2D eigenvalue weighted by atomic mass is 32.2. The molecule has 2 aliphatic heterocycles. The topological polar surface area (TPSA) is 144 Å². The zero-order chi connectivity index (χ0) is 35.0. The minimum atomic E-state index is -1.03. The lowest BCUT2D eigenvalue weighted by atomic mass is 10.0. The van der Waals surface area contributed by atoms with Gasteiger partial charge in [-0.05, 0) is 53.1 Å². The summed E-state index contributed by atoms with van der Waals surface area (Å²) in [5, 5.41) is 14.8. The molecule has 0 aromatic heterocycles. The first kappa shape index (κ1) is 34.8. The number of amides is 4. The average Bonchev–Trinajstić information content (AvgIpc) is 3.41. The number of nitrogens with one attached hydrogen (secondary N) is 2. The first-order chi connectivity index (χ1) is 24.2. The van der Waals surface area contributed by atoms with Crippen molar-refractivity contribution in [3.8, 4) is 0 Å². The van der Waals surface area contributed by atoms with Crippen molar-refractivity contribution in [2.75, 3.05) is 16.0 Å². The van der Waals surface area contributed by atoms with E-state index in [9.17, 15) is 24.3 Å². The lowest BCUT2D eigenvalue weighted by molar-refractivity contribution is -0.245. The Labute approximate surface area is 293 Å². The number of carbonyl (C=O) groups is 4. The number of nitrogens with zero attached hydrogens (tertiary/aromatic N) is 1. The van der Waals surface area contributed by atoms with Crippen LogP contribution >= 0.6 is 11.8 Å². The van der Waals surface area contributed by atoms with Gasteiger partial charge in [0.25, 0.3) is 5.91 Å². The van der Waals surface area contributed by atoms with Crippen LogP contribution in [0.3, 0.4) is 0 Å². The minimum Gasteiger partial charge on any atom is -0.445 e. The van der Waals surface area contributed by atoms with Gasteiger partial charge in [-0.15, -0.1) is 11.8 Å². The number of alkyl carbamates (subject to hydrolysis) is 1. The van der Waals surface area contributed by atoms with Crippen molar-refractivity contribution in [1.29, 1.82) is 0 Å².